The number of hydrogen-bond acceptors (Lipinski definition) is 7. The van der Waals surface area contributed by atoms with Gasteiger partial charge in [0.2, 0.25) is 17.7 Å². The topological polar surface area (TPSA) is 87.0 Å². The Morgan fingerprint density at radius 3 is 2.56 bits per heavy atom. The highest BCUT2D eigenvalue weighted by molar-refractivity contribution is 5.94. The number of piperazine rings is 1. The van der Waals surface area contributed by atoms with E-state index in [0.29, 0.717) is 50.7 Å². The number of hydrogen-bond donors (Lipinski definition) is 1. The SMILES string of the molecule is CC(=O)N1CCN(c2nc(N(Cc3ccccc3)CC3CCCO3)c3cn(C(C)C)c(O)c3n2)CC1. The normalized spacial score (nSPS) is 18.4. The molecule has 0 bridgehead atoms. The van der Waals surface area contributed by atoms with Crippen molar-refractivity contribution in [3.8, 4) is 5.88 Å². The van der Waals surface area contributed by atoms with Crippen molar-refractivity contribution in [2.24, 2.45) is 0 Å². The van der Waals surface area contributed by atoms with Crippen LogP contribution in [0.2, 0.25) is 0 Å². The van der Waals surface area contributed by atoms with Gasteiger partial charge in [-0.15, -0.1) is 0 Å². The van der Waals surface area contributed by atoms with Crippen LogP contribution in [0.3, 0.4) is 0 Å². The number of nitrogens with zero attached hydrogens (tertiary/aromatic N) is 6. The molecule has 2 aromatic heterocycles. The number of benzene rings is 1. The maximum Gasteiger partial charge on any atom is 0.228 e. The molecular formula is C27H36N6O3. The molecule has 36 heavy (non-hydrogen) atoms. The molecule has 0 saturated carbocycles. The van der Waals surface area contributed by atoms with Gasteiger partial charge in [-0.05, 0) is 32.3 Å². The van der Waals surface area contributed by atoms with Gasteiger partial charge in [0.15, 0.2) is 0 Å². The molecule has 1 atom stereocenters. The van der Waals surface area contributed by atoms with E-state index < -0.39 is 0 Å². The molecule has 5 rings (SSSR count). The number of carbonyl (C=O) groups is 1. The molecular weight excluding hydrogens is 456 g/mol. The average Bonchev–Trinajstić information content (AvgIpc) is 3.51. The van der Waals surface area contributed by atoms with Gasteiger partial charge in [-0.3, -0.25) is 4.79 Å². The predicted molar refractivity (Wildman–Crippen MR) is 141 cm³/mol. The van der Waals surface area contributed by atoms with Crippen LogP contribution in [0.1, 0.15) is 45.2 Å². The molecule has 2 aliphatic heterocycles. The molecule has 1 aromatic carbocycles. The van der Waals surface area contributed by atoms with Crippen LogP contribution in [0, 0.1) is 0 Å². The van der Waals surface area contributed by atoms with Crippen LogP contribution in [-0.2, 0) is 16.1 Å². The van der Waals surface area contributed by atoms with Crippen LogP contribution in [0.4, 0.5) is 11.8 Å². The molecule has 4 heterocycles. The fourth-order valence-electron chi connectivity index (χ4n) is 5.12. The molecule has 1 unspecified atom stereocenters. The Morgan fingerprint density at radius 2 is 1.92 bits per heavy atom. The summed E-state index contributed by atoms with van der Waals surface area (Å²) in [4.78, 5) is 28.0. The first kappa shape index (κ1) is 24.4. The number of fused-ring (bicyclic) bond motifs is 1. The summed E-state index contributed by atoms with van der Waals surface area (Å²) >= 11 is 0. The predicted octanol–water partition coefficient (Wildman–Crippen LogP) is 3.57. The van der Waals surface area contributed by atoms with Crippen molar-refractivity contribution < 1.29 is 14.6 Å². The summed E-state index contributed by atoms with van der Waals surface area (Å²) in [5, 5.41) is 12.0. The maximum atomic E-state index is 11.8. The highest BCUT2D eigenvalue weighted by atomic mass is 16.5. The first-order valence-electron chi connectivity index (χ1n) is 12.9. The zero-order valence-electron chi connectivity index (χ0n) is 21.4. The van der Waals surface area contributed by atoms with E-state index in [-0.39, 0.29) is 23.9 Å². The third-order valence-corrected chi connectivity index (χ3v) is 7.17. The highest BCUT2D eigenvalue weighted by Crippen LogP contribution is 2.36. The Hall–Kier alpha value is -3.33. The van der Waals surface area contributed by atoms with Gasteiger partial charge < -0.3 is 29.1 Å². The summed E-state index contributed by atoms with van der Waals surface area (Å²) in [6.07, 6.45) is 4.20. The van der Waals surface area contributed by atoms with E-state index in [9.17, 15) is 9.90 Å². The number of rotatable bonds is 7. The molecule has 2 aliphatic rings. The van der Waals surface area contributed by atoms with Gasteiger partial charge in [-0.25, -0.2) is 4.98 Å². The summed E-state index contributed by atoms with van der Waals surface area (Å²) < 4.78 is 7.87. The zero-order chi connectivity index (χ0) is 25.2. The van der Waals surface area contributed by atoms with Crippen molar-refractivity contribution in [3.05, 3.63) is 42.1 Å². The molecule has 0 spiro atoms. The lowest BCUT2D eigenvalue weighted by atomic mass is 10.1. The van der Waals surface area contributed by atoms with E-state index in [2.05, 4.69) is 34.1 Å². The Labute approximate surface area is 212 Å². The number of ether oxygens (including phenoxy) is 1. The fourth-order valence-corrected chi connectivity index (χ4v) is 5.12. The van der Waals surface area contributed by atoms with Crippen LogP contribution in [0.5, 0.6) is 5.88 Å². The minimum atomic E-state index is 0.0790. The van der Waals surface area contributed by atoms with Gasteiger partial charge in [0, 0.05) is 65.0 Å². The standard InChI is InChI=1S/C27H36N6O3/c1-19(2)33-18-23-24(26(33)35)28-27(31-13-11-30(12-14-31)20(3)34)29-25(23)32(17-22-10-7-15-36-22)16-21-8-5-4-6-9-21/h4-6,8-9,18-19,22,35H,7,10-17H2,1-3H3. The minimum absolute atomic E-state index is 0.0790. The number of amides is 1. The number of aromatic hydroxyl groups is 1. The van der Waals surface area contributed by atoms with Gasteiger partial charge >= 0.3 is 0 Å². The number of carbonyl (C=O) groups excluding carboxylic acids is 1. The largest absolute Gasteiger partial charge is 0.493 e. The van der Waals surface area contributed by atoms with Gasteiger partial charge in [0.05, 0.1) is 11.5 Å². The molecule has 2 fully saturated rings. The van der Waals surface area contributed by atoms with Gasteiger partial charge in [-0.1, -0.05) is 30.3 Å². The monoisotopic (exact) mass is 492 g/mol. The van der Waals surface area contributed by atoms with Crippen LogP contribution in [0.15, 0.2) is 36.5 Å². The van der Waals surface area contributed by atoms with Crippen molar-refractivity contribution in [1.82, 2.24) is 19.4 Å². The number of aromatic nitrogens is 3. The van der Waals surface area contributed by atoms with Crippen molar-refractivity contribution >= 4 is 28.6 Å². The first-order chi connectivity index (χ1) is 17.4. The lowest BCUT2D eigenvalue weighted by Crippen LogP contribution is -2.48. The van der Waals surface area contributed by atoms with E-state index in [1.165, 1.54) is 5.56 Å². The van der Waals surface area contributed by atoms with Crippen molar-refractivity contribution in [3.63, 3.8) is 0 Å². The van der Waals surface area contributed by atoms with E-state index in [0.717, 1.165) is 30.7 Å². The van der Waals surface area contributed by atoms with E-state index in [4.69, 9.17) is 14.7 Å². The molecule has 9 nitrogen and oxygen atoms in total. The zero-order valence-corrected chi connectivity index (χ0v) is 21.4. The van der Waals surface area contributed by atoms with Gasteiger partial charge in [0.1, 0.15) is 11.3 Å². The third kappa shape index (κ3) is 4.97. The summed E-state index contributed by atoms with van der Waals surface area (Å²) in [5.41, 5.74) is 1.74. The molecule has 9 heteroatoms. The van der Waals surface area contributed by atoms with Crippen LogP contribution >= 0.6 is 0 Å². The summed E-state index contributed by atoms with van der Waals surface area (Å²) in [5.74, 6) is 1.63. The highest BCUT2D eigenvalue weighted by Gasteiger charge is 2.28. The lowest BCUT2D eigenvalue weighted by molar-refractivity contribution is -0.129. The maximum absolute atomic E-state index is 11.8. The summed E-state index contributed by atoms with van der Waals surface area (Å²) in [7, 11) is 0. The van der Waals surface area contributed by atoms with Gasteiger partial charge in [-0.2, -0.15) is 4.98 Å². The van der Waals surface area contributed by atoms with E-state index >= 15 is 0 Å². The van der Waals surface area contributed by atoms with E-state index in [1.54, 1.807) is 6.92 Å². The smallest absolute Gasteiger partial charge is 0.228 e. The molecule has 2 saturated heterocycles. The molecule has 0 radical (unpaired) electrons. The Bertz CT molecular complexity index is 1200. The van der Waals surface area contributed by atoms with E-state index in [1.807, 2.05) is 35.6 Å². The number of anilines is 2. The lowest BCUT2D eigenvalue weighted by Gasteiger charge is -2.35. The van der Waals surface area contributed by atoms with Crippen molar-refractivity contribution in [2.45, 2.75) is 52.3 Å². The molecule has 3 aromatic rings. The quantitative estimate of drug-likeness (QED) is 0.540. The Kier molecular flexibility index (Phi) is 7.00. The second kappa shape index (κ2) is 10.3. The molecule has 1 N–H and O–H groups in total. The van der Waals surface area contributed by atoms with Crippen LogP contribution in [-0.4, -0.2) is 75.9 Å². The van der Waals surface area contributed by atoms with Crippen LogP contribution in [0.25, 0.3) is 10.9 Å². The molecule has 1 amide bonds. The molecule has 192 valence electrons. The minimum Gasteiger partial charge on any atom is -0.493 e. The Balaban J connectivity index is 1.58. The summed E-state index contributed by atoms with van der Waals surface area (Å²) in [6, 6.07) is 10.5. The third-order valence-electron chi connectivity index (χ3n) is 7.17. The summed E-state index contributed by atoms with van der Waals surface area (Å²) in [6.45, 7) is 10.5. The average molecular weight is 493 g/mol. The fraction of sp³-hybridized carbons (Fsp3) is 0.519. The van der Waals surface area contributed by atoms with Crippen molar-refractivity contribution in [2.75, 3.05) is 49.1 Å². The second-order valence-corrected chi connectivity index (χ2v) is 10.1. The van der Waals surface area contributed by atoms with Crippen LogP contribution < -0.4 is 9.80 Å². The molecule has 0 aliphatic carbocycles. The van der Waals surface area contributed by atoms with Gasteiger partial charge in [0.25, 0.3) is 0 Å². The van der Waals surface area contributed by atoms with Crippen molar-refractivity contribution in [1.29, 1.82) is 0 Å². The Morgan fingerprint density at radius 1 is 1.17 bits per heavy atom. The second-order valence-electron chi connectivity index (χ2n) is 10.1. The first-order valence-corrected chi connectivity index (χ1v) is 12.9.